The summed E-state index contributed by atoms with van der Waals surface area (Å²) in [4.78, 5) is 5.27. The van der Waals surface area contributed by atoms with Gasteiger partial charge in [0.15, 0.2) is 0 Å². The van der Waals surface area contributed by atoms with Crippen molar-refractivity contribution in [2.75, 3.05) is 38.5 Å². The van der Waals surface area contributed by atoms with Crippen molar-refractivity contribution in [3.63, 3.8) is 0 Å². The molecule has 0 aromatic heterocycles. The quantitative estimate of drug-likeness (QED) is 0.711. The Morgan fingerprint density at radius 2 is 1.86 bits per heavy atom. The van der Waals surface area contributed by atoms with E-state index in [-0.39, 0.29) is 0 Å². The van der Waals surface area contributed by atoms with E-state index in [4.69, 9.17) is 0 Å². The first-order valence-corrected chi connectivity index (χ1v) is 6.60. The fraction of sp³-hybridized carbons (Fsp3) is 1.00. The molecule has 0 spiro atoms. The predicted octanol–water partition coefficient (Wildman–Crippen LogP) is 1.48. The Bertz CT molecular complexity index is 169. The van der Waals surface area contributed by atoms with Crippen LogP contribution in [0, 0.1) is 0 Å². The molecule has 0 saturated carbocycles. The van der Waals surface area contributed by atoms with Gasteiger partial charge in [0.05, 0.1) is 0 Å². The number of piperidine rings is 1. The third kappa shape index (κ3) is 2.65. The van der Waals surface area contributed by atoms with Crippen LogP contribution in [-0.4, -0.2) is 54.3 Å². The molecule has 2 nitrogen and oxygen atoms in total. The molecule has 82 valence electrons. The summed E-state index contributed by atoms with van der Waals surface area (Å²) in [6.07, 6.45) is 5.67. The number of thiol groups is 1. The van der Waals surface area contributed by atoms with E-state index in [9.17, 15) is 0 Å². The highest BCUT2D eigenvalue weighted by Gasteiger charge is 2.27. The predicted molar refractivity (Wildman–Crippen MR) is 64.1 cm³/mol. The third-order valence-electron chi connectivity index (χ3n) is 3.57. The lowest BCUT2D eigenvalue weighted by Gasteiger charge is -2.32. The molecule has 14 heavy (non-hydrogen) atoms. The van der Waals surface area contributed by atoms with Gasteiger partial charge < -0.3 is 4.90 Å². The van der Waals surface area contributed by atoms with E-state index in [0.717, 1.165) is 11.8 Å². The van der Waals surface area contributed by atoms with Crippen molar-refractivity contribution in [1.82, 2.24) is 9.80 Å². The molecule has 0 aromatic rings. The lowest BCUT2D eigenvalue weighted by atomic mass is 10.1. The van der Waals surface area contributed by atoms with Gasteiger partial charge in [-0.25, -0.2) is 0 Å². The van der Waals surface area contributed by atoms with Crippen LogP contribution in [0.3, 0.4) is 0 Å². The molecule has 0 radical (unpaired) electrons. The molecule has 2 rings (SSSR count). The average molecular weight is 214 g/mol. The molecule has 0 aromatic carbocycles. The molecule has 0 amide bonds. The normalized spacial score (nSPS) is 31.1. The van der Waals surface area contributed by atoms with Crippen LogP contribution in [0.15, 0.2) is 0 Å². The maximum Gasteiger partial charge on any atom is 0.0235 e. The summed E-state index contributed by atoms with van der Waals surface area (Å²) >= 11 is 4.30. The van der Waals surface area contributed by atoms with Gasteiger partial charge in [-0.1, -0.05) is 6.42 Å². The summed E-state index contributed by atoms with van der Waals surface area (Å²) < 4.78 is 0. The zero-order valence-corrected chi connectivity index (χ0v) is 9.88. The van der Waals surface area contributed by atoms with E-state index in [0.29, 0.717) is 0 Å². The van der Waals surface area contributed by atoms with E-state index in [1.807, 2.05) is 0 Å². The van der Waals surface area contributed by atoms with Gasteiger partial charge in [-0.05, 0) is 38.9 Å². The van der Waals surface area contributed by atoms with Gasteiger partial charge in [0.25, 0.3) is 0 Å². The second kappa shape index (κ2) is 5.38. The van der Waals surface area contributed by atoms with Crippen LogP contribution < -0.4 is 0 Å². The first kappa shape index (κ1) is 10.8. The summed E-state index contributed by atoms with van der Waals surface area (Å²) in [6, 6.07) is 0.857. The Balaban J connectivity index is 1.76. The molecular weight excluding hydrogens is 192 g/mol. The fourth-order valence-corrected chi connectivity index (χ4v) is 3.02. The zero-order chi connectivity index (χ0) is 9.80. The van der Waals surface area contributed by atoms with Gasteiger partial charge >= 0.3 is 0 Å². The Kier molecular flexibility index (Phi) is 4.14. The van der Waals surface area contributed by atoms with Crippen molar-refractivity contribution in [1.29, 1.82) is 0 Å². The van der Waals surface area contributed by atoms with E-state index in [1.54, 1.807) is 0 Å². The van der Waals surface area contributed by atoms with Crippen molar-refractivity contribution >= 4 is 12.6 Å². The van der Waals surface area contributed by atoms with Gasteiger partial charge in [0, 0.05) is 24.9 Å². The van der Waals surface area contributed by atoms with Gasteiger partial charge in [-0.3, -0.25) is 4.90 Å². The van der Waals surface area contributed by atoms with Crippen LogP contribution >= 0.6 is 12.6 Å². The van der Waals surface area contributed by atoms with E-state index < -0.39 is 0 Å². The molecular formula is C11H22N2S. The minimum atomic E-state index is 0.857. The first-order chi connectivity index (χ1) is 6.90. The molecule has 3 heteroatoms. The van der Waals surface area contributed by atoms with Gasteiger partial charge in [0.2, 0.25) is 0 Å². The second-order valence-electron chi connectivity index (χ2n) is 4.56. The molecule has 2 fully saturated rings. The van der Waals surface area contributed by atoms with Crippen LogP contribution in [0.4, 0.5) is 0 Å². The summed E-state index contributed by atoms with van der Waals surface area (Å²) in [5, 5.41) is 0. The molecule has 0 bridgehead atoms. The minimum absolute atomic E-state index is 0.857. The Morgan fingerprint density at radius 3 is 2.57 bits per heavy atom. The summed E-state index contributed by atoms with van der Waals surface area (Å²) in [7, 11) is 0. The Morgan fingerprint density at radius 1 is 1.07 bits per heavy atom. The molecule has 0 N–H and O–H groups in total. The molecule has 2 saturated heterocycles. The van der Waals surface area contributed by atoms with Crippen LogP contribution in [0.1, 0.15) is 25.7 Å². The van der Waals surface area contributed by atoms with Crippen molar-refractivity contribution in [2.24, 2.45) is 0 Å². The van der Waals surface area contributed by atoms with Gasteiger partial charge in [-0.15, -0.1) is 0 Å². The Labute approximate surface area is 93.1 Å². The lowest BCUT2D eigenvalue weighted by molar-refractivity contribution is 0.163. The van der Waals surface area contributed by atoms with Crippen LogP contribution in [0.5, 0.6) is 0 Å². The van der Waals surface area contributed by atoms with Gasteiger partial charge in [0.1, 0.15) is 0 Å². The minimum Gasteiger partial charge on any atom is -0.301 e. The standard InChI is InChI=1S/C11H22N2S/c14-9-8-12-7-4-11(10-12)13-5-2-1-3-6-13/h11,14H,1-10H2. The van der Waals surface area contributed by atoms with Crippen molar-refractivity contribution in [2.45, 2.75) is 31.7 Å². The summed E-state index contributed by atoms with van der Waals surface area (Å²) in [5.74, 6) is 1.01. The first-order valence-electron chi connectivity index (χ1n) is 5.97. The second-order valence-corrected chi connectivity index (χ2v) is 5.01. The van der Waals surface area contributed by atoms with E-state index in [1.165, 1.54) is 58.4 Å². The molecule has 2 aliphatic rings. The highest BCUT2D eigenvalue weighted by Crippen LogP contribution is 2.19. The van der Waals surface area contributed by atoms with Crippen LogP contribution in [0.2, 0.25) is 0 Å². The molecule has 2 aliphatic heterocycles. The maximum atomic E-state index is 4.30. The van der Waals surface area contributed by atoms with Crippen molar-refractivity contribution < 1.29 is 0 Å². The monoisotopic (exact) mass is 214 g/mol. The maximum absolute atomic E-state index is 4.30. The number of likely N-dealkylation sites (tertiary alicyclic amines) is 2. The van der Waals surface area contributed by atoms with Crippen LogP contribution in [0.25, 0.3) is 0 Å². The Hall–Kier alpha value is 0.270. The number of rotatable bonds is 3. The van der Waals surface area contributed by atoms with E-state index >= 15 is 0 Å². The zero-order valence-electron chi connectivity index (χ0n) is 8.99. The number of nitrogens with zero attached hydrogens (tertiary/aromatic N) is 2. The van der Waals surface area contributed by atoms with Gasteiger partial charge in [-0.2, -0.15) is 12.6 Å². The third-order valence-corrected chi connectivity index (χ3v) is 3.77. The molecule has 1 atom stereocenters. The number of hydrogen-bond acceptors (Lipinski definition) is 3. The smallest absolute Gasteiger partial charge is 0.0235 e. The largest absolute Gasteiger partial charge is 0.301 e. The van der Waals surface area contributed by atoms with Crippen molar-refractivity contribution in [3.8, 4) is 0 Å². The molecule has 0 aliphatic carbocycles. The molecule has 2 heterocycles. The fourth-order valence-electron chi connectivity index (χ4n) is 2.74. The lowest BCUT2D eigenvalue weighted by Crippen LogP contribution is -2.41. The summed E-state index contributed by atoms with van der Waals surface area (Å²) in [5.41, 5.74) is 0. The number of hydrogen-bond donors (Lipinski definition) is 1. The average Bonchev–Trinajstić information content (AvgIpc) is 2.68. The topological polar surface area (TPSA) is 6.48 Å². The van der Waals surface area contributed by atoms with Crippen molar-refractivity contribution in [3.05, 3.63) is 0 Å². The highest BCUT2D eigenvalue weighted by atomic mass is 32.1. The summed E-state index contributed by atoms with van der Waals surface area (Å²) in [6.45, 7) is 6.45. The highest BCUT2D eigenvalue weighted by molar-refractivity contribution is 7.80. The van der Waals surface area contributed by atoms with E-state index in [2.05, 4.69) is 22.4 Å². The van der Waals surface area contributed by atoms with Crippen LogP contribution in [-0.2, 0) is 0 Å². The molecule has 1 unspecified atom stereocenters. The SMILES string of the molecule is SCCN1CCC(N2CCCCC2)C1.